The molecule has 0 N–H and O–H groups in total. The smallest absolute Gasteiger partial charge is 0.323 e. The molecule has 1 atom stereocenters. The van der Waals surface area contributed by atoms with Crippen molar-refractivity contribution in [3.63, 3.8) is 0 Å². The van der Waals surface area contributed by atoms with E-state index in [0.29, 0.717) is 54.3 Å². The van der Waals surface area contributed by atoms with E-state index < -0.39 is 10.2 Å². The third-order valence-electron chi connectivity index (χ3n) is 5.29. The van der Waals surface area contributed by atoms with Crippen molar-refractivity contribution >= 4 is 51.3 Å². The summed E-state index contributed by atoms with van der Waals surface area (Å²) in [5.74, 6) is 0.658. The Hall–Kier alpha value is -2.17. The lowest BCUT2D eigenvalue weighted by molar-refractivity contribution is 0.0731. The molecule has 0 radical (unpaired) electrons. The van der Waals surface area contributed by atoms with Crippen molar-refractivity contribution < 1.29 is 13.2 Å². The van der Waals surface area contributed by atoms with Crippen LogP contribution in [0, 0.1) is 0 Å². The fraction of sp³-hybridized carbons (Fsp3) is 0.333. The summed E-state index contributed by atoms with van der Waals surface area (Å²) in [6.07, 6.45) is 1.84. The average Bonchev–Trinajstić information content (AvgIpc) is 3.24. The molecular formula is C21H23Cl2N5O3S. The lowest BCUT2D eigenvalue weighted by Crippen LogP contribution is -2.40. The molecule has 2 aliphatic heterocycles. The van der Waals surface area contributed by atoms with Crippen LogP contribution in [0.25, 0.3) is 0 Å². The largest absolute Gasteiger partial charge is 0.379 e. The Balaban J connectivity index is 1.60. The van der Waals surface area contributed by atoms with E-state index in [2.05, 4.69) is 4.40 Å². The summed E-state index contributed by atoms with van der Waals surface area (Å²) in [6.45, 7) is 1.33. The van der Waals surface area contributed by atoms with Gasteiger partial charge in [0, 0.05) is 31.6 Å². The van der Waals surface area contributed by atoms with Gasteiger partial charge in [-0.3, -0.25) is 5.01 Å². The average molecular weight is 496 g/mol. The Morgan fingerprint density at radius 1 is 1.16 bits per heavy atom. The summed E-state index contributed by atoms with van der Waals surface area (Å²) >= 11 is 12.5. The first kappa shape index (κ1) is 23.0. The Kier molecular flexibility index (Phi) is 7.02. The van der Waals surface area contributed by atoms with E-state index >= 15 is 0 Å². The zero-order valence-corrected chi connectivity index (χ0v) is 19.8. The van der Waals surface area contributed by atoms with Gasteiger partial charge in [-0.15, -0.1) is 4.40 Å². The first-order valence-corrected chi connectivity index (χ1v) is 12.2. The van der Waals surface area contributed by atoms with Crippen LogP contribution in [0.5, 0.6) is 0 Å². The molecule has 1 unspecified atom stereocenters. The number of hydrogen-bond acceptors (Lipinski definition) is 5. The number of anilines is 1. The first-order chi connectivity index (χ1) is 15.3. The molecule has 0 aliphatic carbocycles. The van der Waals surface area contributed by atoms with Crippen molar-refractivity contribution in [2.75, 3.05) is 38.4 Å². The monoisotopic (exact) mass is 495 g/mol. The predicted molar refractivity (Wildman–Crippen MR) is 128 cm³/mol. The highest BCUT2D eigenvalue weighted by Crippen LogP contribution is 2.39. The third-order valence-corrected chi connectivity index (χ3v) is 7.21. The number of halogens is 2. The summed E-state index contributed by atoms with van der Waals surface area (Å²) in [4.78, 5) is 1.62. The van der Waals surface area contributed by atoms with Crippen LogP contribution in [-0.2, 0) is 14.9 Å². The van der Waals surface area contributed by atoms with Crippen molar-refractivity contribution in [3.8, 4) is 0 Å². The van der Waals surface area contributed by atoms with E-state index in [1.54, 1.807) is 24.1 Å². The normalized spacial score (nSPS) is 20.0. The van der Waals surface area contributed by atoms with Gasteiger partial charge in [0.05, 0.1) is 30.0 Å². The fourth-order valence-electron chi connectivity index (χ4n) is 3.57. The summed E-state index contributed by atoms with van der Waals surface area (Å²) in [6, 6.07) is 15.1. The molecule has 11 heteroatoms. The maximum atomic E-state index is 12.5. The second-order valence-corrected chi connectivity index (χ2v) is 9.87. The van der Waals surface area contributed by atoms with Crippen molar-refractivity contribution in [2.45, 2.75) is 12.5 Å². The zero-order valence-electron chi connectivity index (χ0n) is 17.4. The van der Waals surface area contributed by atoms with Gasteiger partial charge < -0.3 is 9.64 Å². The number of hydrogen-bond donors (Lipinski definition) is 0. The van der Waals surface area contributed by atoms with E-state index in [0.717, 1.165) is 5.56 Å². The molecule has 2 heterocycles. The quantitative estimate of drug-likeness (QED) is 0.465. The Morgan fingerprint density at radius 2 is 1.88 bits per heavy atom. The summed E-state index contributed by atoms with van der Waals surface area (Å²) < 4.78 is 35.4. The van der Waals surface area contributed by atoms with Crippen LogP contribution in [0.2, 0.25) is 10.0 Å². The first-order valence-electron chi connectivity index (χ1n) is 10.1. The lowest BCUT2D eigenvalue weighted by atomic mass is 10.0. The number of amidine groups is 1. The molecule has 2 aliphatic rings. The fourth-order valence-corrected chi connectivity index (χ4v) is 5.07. The summed E-state index contributed by atoms with van der Waals surface area (Å²) in [7, 11) is -2.05. The minimum Gasteiger partial charge on any atom is -0.379 e. The SMILES string of the molecule is CN(C=NS(=O)(=O)N1CCOCC1)C1=NN(c2ccc(Cl)cc2Cl)C(c2ccccc2)C1. The van der Waals surface area contributed by atoms with Crippen LogP contribution in [0.15, 0.2) is 58.0 Å². The molecule has 8 nitrogen and oxygen atoms in total. The lowest BCUT2D eigenvalue weighted by Gasteiger charge is -2.24. The van der Waals surface area contributed by atoms with Crippen molar-refractivity contribution in [2.24, 2.45) is 9.50 Å². The minimum absolute atomic E-state index is 0.114. The molecule has 4 rings (SSSR count). The van der Waals surface area contributed by atoms with Gasteiger partial charge in [-0.05, 0) is 23.8 Å². The number of morpholine rings is 1. The molecule has 0 saturated carbocycles. The van der Waals surface area contributed by atoms with Crippen molar-refractivity contribution in [1.29, 1.82) is 0 Å². The van der Waals surface area contributed by atoms with Gasteiger partial charge in [0.1, 0.15) is 12.2 Å². The van der Waals surface area contributed by atoms with Crippen molar-refractivity contribution in [3.05, 3.63) is 64.1 Å². The maximum absolute atomic E-state index is 12.5. The van der Waals surface area contributed by atoms with Gasteiger partial charge in [-0.2, -0.15) is 17.8 Å². The van der Waals surface area contributed by atoms with Crippen LogP contribution >= 0.6 is 23.2 Å². The minimum atomic E-state index is -3.77. The van der Waals surface area contributed by atoms with Gasteiger partial charge >= 0.3 is 10.2 Å². The number of ether oxygens (including phenoxy) is 1. The molecule has 1 fully saturated rings. The molecule has 0 amide bonds. The Labute approximate surface area is 197 Å². The molecule has 0 bridgehead atoms. The molecule has 0 aromatic heterocycles. The van der Waals surface area contributed by atoms with Crippen LogP contribution in [0.3, 0.4) is 0 Å². The highest BCUT2D eigenvalue weighted by Gasteiger charge is 2.32. The van der Waals surface area contributed by atoms with Crippen LogP contribution in [-0.4, -0.2) is 63.1 Å². The molecule has 2 aromatic rings. The highest BCUT2D eigenvalue weighted by molar-refractivity contribution is 7.87. The predicted octanol–water partition coefficient (Wildman–Crippen LogP) is 3.80. The van der Waals surface area contributed by atoms with E-state index in [1.165, 1.54) is 10.6 Å². The molecule has 0 spiro atoms. The topological polar surface area (TPSA) is 77.8 Å². The van der Waals surface area contributed by atoms with E-state index in [-0.39, 0.29) is 6.04 Å². The number of nitrogens with zero attached hydrogens (tertiary/aromatic N) is 5. The van der Waals surface area contributed by atoms with Gasteiger partial charge in [0.2, 0.25) is 0 Å². The third kappa shape index (κ3) is 5.07. The molecule has 2 aromatic carbocycles. The van der Waals surface area contributed by atoms with E-state index in [1.807, 2.05) is 41.4 Å². The van der Waals surface area contributed by atoms with Crippen LogP contribution < -0.4 is 5.01 Å². The second kappa shape index (κ2) is 9.76. The van der Waals surface area contributed by atoms with Gasteiger partial charge in [-0.1, -0.05) is 53.5 Å². The molecule has 1 saturated heterocycles. The number of benzene rings is 2. The molecular weight excluding hydrogens is 473 g/mol. The van der Waals surface area contributed by atoms with Gasteiger partial charge in [0.15, 0.2) is 0 Å². The Morgan fingerprint density at radius 3 is 2.56 bits per heavy atom. The highest BCUT2D eigenvalue weighted by atomic mass is 35.5. The second-order valence-electron chi connectivity index (χ2n) is 7.41. The molecule has 32 heavy (non-hydrogen) atoms. The Bertz CT molecular complexity index is 1120. The van der Waals surface area contributed by atoms with Gasteiger partial charge in [0.25, 0.3) is 0 Å². The van der Waals surface area contributed by atoms with Gasteiger partial charge in [-0.25, -0.2) is 0 Å². The van der Waals surface area contributed by atoms with Crippen molar-refractivity contribution in [1.82, 2.24) is 9.21 Å². The maximum Gasteiger partial charge on any atom is 0.323 e. The summed E-state index contributed by atoms with van der Waals surface area (Å²) in [5.41, 5.74) is 1.77. The molecule has 170 valence electrons. The van der Waals surface area contributed by atoms with Crippen LogP contribution in [0.1, 0.15) is 18.0 Å². The zero-order chi connectivity index (χ0) is 22.7. The summed E-state index contributed by atoms with van der Waals surface area (Å²) in [5, 5.41) is 7.60. The standard InChI is InChI=1S/C21H23Cl2N5O3S/c1-26(15-24-32(29,30)27-9-11-31-12-10-27)21-14-20(16-5-3-2-4-6-16)28(25-21)19-8-7-17(22)13-18(19)23/h2-8,13,15,20H,9-12,14H2,1H3. The van der Waals surface area contributed by atoms with E-state index in [4.69, 9.17) is 33.0 Å². The van der Waals surface area contributed by atoms with Crippen LogP contribution in [0.4, 0.5) is 5.69 Å². The van der Waals surface area contributed by atoms with E-state index in [9.17, 15) is 8.42 Å². The number of hydrazone groups is 1. The number of rotatable bonds is 5.